The van der Waals surface area contributed by atoms with Crippen molar-refractivity contribution in [2.24, 2.45) is 11.0 Å². The monoisotopic (exact) mass is 222 g/mol. The Hall–Kier alpha value is -0.890. The third kappa shape index (κ3) is 2.28. The summed E-state index contributed by atoms with van der Waals surface area (Å²) in [5, 5.41) is 4.93. The molecule has 0 radical (unpaired) electrons. The molecule has 0 unspecified atom stereocenters. The zero-order valence-corrected chi connectivity index (χ0v) is 7.93. The van der Waals surface area contributed by atoms with Gasteiger partial charge in [0.25, 0.3) is 0 Å². The normalized spacial score (nSPS) is 11.3. The molecule has 0 spiro atoms. The van der Waals surface area contributed by atoms with E-state index in [0.717, 1.165) is 6.20 Å². The zero-order valence-electron chi connectivity index (χ0n) is 6.36. The van der Waals surface area contributed by atoms with Crippen molar-refractivity contribution in [2.45, 2.75) is 4.90 Å². The first-order chi connectivity index (χ1) is 5.95. The minimum Gasteiger partial charge on any atom is -0.307 e. The van der Waals surface area contributed by atoms with E-state index in [1.54, 1.807) is 0 Å². The Morgan fingerprint density at radius 1 is 1.54 bits per heavy atom. The number of hydrogen-bond acceptors (Lipinski definition) is 5. The van der Waals surface area contributed by atoms with Gasteiger partial charge in [-0.1, -0.05) is 11.6 Å². The second-order valence-electron chi connectivity index (χ2n) is 2.19. The number of nitrogens with two attached hydrogens (primary N) is 2. The zero-order chi connectivity index (χ0) is 10.1. The molecule has 0 saturated carbocycles. The number of rotatable bonds is 2. The highest BCUT2D eigenvalue weighted by molar-refractivity contribution is 7.89. The van der Waals surface area contributed by atoms with Gasteiger partial charge >= 0.3 is 0 Å². The van der Waals surface area contributed by atoms with Crippen LogP contribution in [-0.2, 0) is 10.0 Å². The van der Waals surface area contributed by atoms with Crippen molar-refractivity contribution in [1.82, 2.24) is 4.98 Å². The van der Waals surface area contributed by atoms with Gasteiger partial charge in [0, 0.05) is 6.20 Å². The number of aromatic nitrogens is 1. The fourth-order valence-corrected chi connectivity index (χ4v) is 1.45. The van der Waals surface area contributed by atoms with Crippen LogP contribution in [0.15, 0.2) is 17.2 Å². The van der Waals surface area contributed by atoms with Gasteiger partial charge in [0.05, 0.1) is 5.02 Å². The number of hydrogen-bond donors (Lipinski definition) is 3. The van der Waals surface area contributed by atoms with Gasteiger partial charge in [0.1, 0.15) is 4.90 Å². The minimum atomic E-state index is -3.77. The molecule has 0 bridgehead atoms. The van der Waals surface area contributed by atoms with Crippen molar-refractivity contribution in [3.05, 3.63) is 17.3 Å². The number of hydrazine groups is 1. The van der Waals surface area contributed by atoms with Gasteiger partial charge in [-0.05, 0) is 6.07 Å². The van der Waals surface area contributed by atoms with Crippen molar-refractivity contribution in [3.63, 3.8) is 0 Å². The third-order valence-corrected chi connectivity index (χ3v) is 2.45. The Morgan fingerprint density at radius 3 is 2.54 bits per heavy atom. The molecule has 6 nitrogen and oxygen atoms in total. The summed E-state index contributed by atoms with van der Waals surface area (Å²) in [5.41, 5.74) is 2.20. The van der Waals surface area contributed by atoms with E-state index in [-0.39, 0.29) is 15.7 Å². The maximum absolute atomic E-state index is 10.8. The highest BCUT2D eigenvalue weighted by atomic mass is 35.5. The van der Waals surface area contributed by atoms with Crippen LogP contribution in [0.1, 0.15) is 0 Å². The molecule has 1 heterocycles. The van der Waals surface area contributed by atoms with Crippen LogP contribution in [-0.4, -0.2) is 13.4 Å². The van der Waals surface area contributed by atoms with Gasteiger partial charge in [-0.2, -0.15) is 0 Å². The van der Waals surface area contributed by atoms with Crippen molar-refractivity contribution in [1.29, 1.82) is 0 Å². The molecule has 0 aliphatic carbocycles. The first kappa shape index (κ1) is 10.2. The Bertz CT molecular complexity index is 419. The molecule has 13 heavy (non-hydrogen) atoms. The lowest BCUT2D eigenvalue weighted by molar-refractivity contribution is 0.597. The molecule has 0 amide bonds. The Kier molecular flexibility index (Phi) is 2.71. The lowest BCUT2D eigenvalue weighted by Gasteiger charge is -2.02. The molecule has 0 saturated heterocycles. The summed E-state index contributed by atoms with van der Waals surface area (Å²) in [7, 11) is -3.77. The molecule has 1 rings (SSSR count). The van der Waals surface area contributed by atoms with E-state index >= 15 is 0 Å². The number of sulfonamides is 1. The molecule has 8 heteroatoms. The highest BCUT2D eigenvalue weighted by Crippen LogP contribution is 2.20. The first-order valence-electron chi connectivity index (χ1n) is 3.10. The fraction of sp³-hybridized carbons (Fsp3) is 0. The Morgan fingerprint density at radius 2 is 2.15 bits per heavy atom. The summed E-state index contributed by atoms with van der Waals surface area (Å²) in [6, 6.07) is 1.17. The van der Waals surface area contributed by atoms with Gasteiger partial charge in [-0.15, -0.1) is 0 Å². The van der Waals surface area contributed by atoms with Crippen LogP contribution in [0.4, 0.5) is 5.82 Å². The molecule has 0 fully saturated rings. The summed E-state index contributed by atoms with van der Waals surface area (Å²) in [4.78, 5) is 3.48. The van der Waals surface area contributed by atoms with Crippen molar-refractivity contribution >= 4 is 27.4 Å². The maximum atomic E-state index is 10.8. The van der Waals surface area contributed by atoms with Crippen LogP contribution in [0.3, 0.4) is 0 Å². The quantitative estimate of drug-likeness (QED) is 0.469. The first-order valence-corrected chi connectivity index (χ1v) is 5.02. The second kappa shape index (κ2) is 3.46. The number of nitrogen functional groups attached to an aromatic ring is 1. The van der Waals surface area contributed by atoms with E-state index in [4.69, 9.17) is 22.6 Å². The van der Waals surface area contributed by atoms with Gasteiger partial charge in [0.2, 0.25) is 10.0 Å². The van der Waals surface area contributed by atoms with Gasteiger partial charge in [0.15, 0.2) is 5.82 Å². The predicted octanol–water partition coefficient (Wildman–Crippen LogP) is -0.332. The fourth-order valence-electron chi connectivity index (χ4n) is 0.682. The predicted molar refractivity (Wildman–Crippen MR) is 48.4 cm³/mol. The van der Waals surface area contributed by atoms with Crippen molar-refractivity contribution < 1.29 is 8.42 Å². The van der Waals surface area contributed by atoms with E-state index in [1.165, 1.54) is 6.07 Å². The molecular weight excluding hydrogens is 216 g/mol. The van der Waals surface area contributed by atoms with E-state index in [2.05, 4.69) is 10.4 Å². The standard InChI is InChI=1S/C5H7ClN4O2S/c6-4-1-3(13(8,11)12)2-9-5(4)10-7/h1-2H,7H2,(H,9,10)(H2,8,11,12). The molecule has 1 aromatic heterocycles. The average Bonchev–Trinajstić information content (AvgIpc) is 2.02. The largest absolute Gasteiger partial charge is 0.307 e. The summed E-state index contributed by atoms with van der Waals surface area (Å²) in [6.45, 7) is 0. The number of nitrogens with zero attached hydrogens (tertiary/aromatic N) is 1. The molecular formula is C5H7ClN4O2S. The maximum Gasteiger partial charge on any atom is 0.239 e. The van der Waals surface area contributed by atoms with Crippen LogP contribution in [0, 0.1) is 0 Å². The molecule has 1 aromatic rings. The lowest BCUT2D eigenvalue weighted by Crippen LogP contribution is -2.14. The van der Waals surface area contributed by atoms with E-state index < -0.39 is 10.0 Å². The highest BCUT2D eigenvalue weighted by Gasteiger charge is 2.10. The van der Waals surface area contributed by atoms with E-state index in [1.807, 2.05) is 0 Å². The SMILES string of the molecule is NNc1ncc(S(N)(=O)=O)cc1Cl. The van der Waals surface area contributed by atoms with Crippen molar-refractivity contribution in [2.75, 3.05) is 5.43 Å². The number of primary sulfonamides is 1. The molecule has 0 aliphatic heterocycles. The molecule has 0 atom stereocenters. The molecule has 72 valence electrons. The number of halogens is 1. The van der Waals surface area contributed by atoms with Crippen LogP contribution in [0.5, 0.6) is 0 Å². The summed E-state index contributed by atoms with van der Waals surface area (Å²) < 4.78 is 21.6. The second-order valence-corrected chi connectivity index (χ2v) is 4.16. The number of nitrogens with one attached hydrogen (secondary N) is 1. The van der Waals surface area contributed by atoms with Crippen LogP contribution < -0.4 is 16.4 Å². The minimum absolute atomic E-state index is 0.0917. The van der Waals surface area contributed by atoms with Gasteiger partial charge in [-0.25, -0.2) is 24.4 Å². The van der Waals surface area contributed by atoms with Crippen LogP contribution in [0.2, 0.25) is 5.02 Å². The molecule has 0 aliphatic rings. The van der Waals surface area contributed by atoms with Crippen molar-refractivity contribution in [3.8, 4) is 0 Å². The lowest BCUT2D eigenvalue weighted by atomic mass is 10.5. The van der Waals surface area contributed by atoms with Crippen LogP contribution in [0.25, 0.3) is 0 Å². The molecule has 0 aromatic carbocycles. The van der Waals surface area contributed by atoms with Gasteiger partial charge < -0.3 is 5.43 Å². The Balaban J connectivity index is 3.26. The van der Waals surface area contributed by atoms with E-state index in [9.17, 15) is 8.42 Å². The van der Waals surface area contributed by atoms with Crippen LogP contribution >= 0.6 is 11.6 Å². The summed E-state index contributed by atoms with van der Waals surface area (Å²) in [5.74, 6) is 5.22. The smallest absolute Gasteiger partial charge is 0.239 e. The number of pyridine rings is 1. The summed E-state index contributed by atoms with van der Waals surface area (Å²) >= 11 is 5.61. The average molecular weight is 223 g/mol. The molecule has 5 N–H and O–H groups in total. The topological polar surface area (TPSA) is 111 Å². The van der Waals surface area contributed by atoms with Gasteiger partial charge in [-0.3, -0.25) is 0 Å². The van der Waals surface area contributed by atoms with E-state index in [0.29, 0.717) is 0 Å². The summed E-state index contributed by atoms with van der Waals surface area (Å²) in [6.07, 6.45) is 1.07. The third-order valence-electron chi connectivity index (χ3n) is 1.28. The Labute approximate surface area is 79.9 Å². The number of anilines is 1.